The summed E-state index contributed by atoms with van der Waals surface area (Å²) in [5, 5.41) is 2.49. The van der Waals surface area contributed by atoms with Crippen molar-refractivity contribution in [3.05, 3.63) is 56.7 Å². The van der Waals surface area contributed by atoms with Gasteiger partial charge in [0.15, 0.2) is 0 Å². The minimum Gasteiger partial charge on any atom is -0.398 e. The minimum atomic E-state index is -0.507. The number of benzene rings is 2. The van der Waals surface area contributed by atoms with E-state index in [9.17, 15) is 9.18 Å². The largest absolute Gasteiger partial charge is 0.398 e. The first-order valence-corrected chi connectivity index (χ1v) is 6.87. The van der Waals surface area contributed by atoms with Crippen LogP contribution in [0, 0.1) is 5.82 Å². The van der Waals surface area contributed by atoms with Gasteiger partial charge in [0, 0.05) is 14.6 Å². The number of halogens is 3. The highest BCUT2D eigenvalue weighted by Gasteiger charge is 2.12. The molecule has 0 aliphatic rings. The predicted octanol–water partition coefficient (Wildman–Crippen LogP) is 4.19. The molecule has 2 rings (SSSR count). The Morgan fingerprint density at radius 3 is 2.42 bits per heavy atom. The first kappa shape index (κ1) is 14.0. The molecule has 0 unspecified atom stereocenters. The van der Waals surface area contributed by atoms with E-state index in [1.807, 2.05) is 0 Å². The summed E-state index contributed by atoms with van der Waals surface area (Å²) in [4.78, 5) is 12.0. The summed E-state index contributed by atoms with van der Waals surface area (Å²) in [5.41, 5.74) is 6.46. The highest BCUT2D eigenvalue weighted by Crippen LogP contribution is 2.23. The van der Waals surface area contributed by atoms with Crippen LogP contribution in [0.15, 0.2) is 45.3 Å². The molecule has 0 saturated carbocycles. The molecule has 0 aliphatic heterocycles. The number of nitrogens with one attached hydrogen (secondary N) is 1. The maximum Gasteiger partial charge on any atom is 0.257 e. The van der Waals surface area contributed by atoms with E-state index >= 15 is 0 Å². The Morgan fingerprint density at radius 1 is 1.11 bits per heavy atom. The van der Waals surface area contributed by atoms with Crippen molar-refractivity contribution in [3.8, 4) is 0 Å². The van der Waals surface area contributed by atoms with E-state index in [-0.39, 0.29) is 5.69 Å². The van der Waals surface area contributed by atoms with Crippen molar-refractivity contribution in [3.63, 3.8) is 0 Å². The van der Waals surface area contributed by atoms with E-state index in [0.717, 1.165) is 4.47 Å². The molecule has 0 bridgehead atoms. The average molecular weight is 388 g/mol. The van der Waals surface area contributed by atoms with Crippen LogP contribution in [0.3, 0.4) is 0 Å². The first-order valence-electron chi connectivity index (χ1n) is 5.29. The molecule has 3 N–H and O–H groups in total. The number of amides is 1. The van der Waals surface area contributed by atoms with E-state index in [0.29, 0.717) is 15.7 Å². The van der Waals surface area contributed by atoms with Gasteiger partial charge < -0.3 is 11.1 Å². The molecule has 0 atom stereocenters. The molecule has 3 nitrogen and oxygen atoms in total. The summed E-state index contributed by atoms with van der Waals surface area (Å²) in [5.74, 6) is -0.964. The summed E-state index contributed by atoms with van der Waals surface area (Å²) < 4.78 is 15.0. The highest BCUT2D eigenvalue weighted by atomic mass is 79.9. The third-order valence-corrected chi connectivity index (χ3v) is 3.42. The molecule has 2 aromatic rings. The van der Waals surface area contributed by atoms with E-state index < -0.39 is 11.7 Å². The lowest BCUT2D eigenvalue weighted by molar-refractivity contribution is 0.102. The number of nitrogen functional groups attached to an aromatic ring is 1. The van der Waals surface area contributed by atoms with Crippen LogP contribution in [0.1, 0.15) is 10.4 Å². The molecule has 0 saturated heterocycles. The molecule has 0 spiro atoms. The summed E-state index contributed by atoms with van der Waals surface area (Å²) in [7, 11) is 0. The van der Waals surface area contributed by atoms with Crippen LogP contribution < -0.4 is 11.1 Å². The molecule has 6 heteroatoms. The average Bonchev–Trinajstić information content (AvgIpc) is 2.33. The fraction of sp³-hybridized carbons (Fsp3) is 0. The molecule has 0 radical (unpaired) electrons. The Labute approximate surface area is 126 Å². The second-order valence-corrected chi connectivity index (χ2v) is 5.64. The normalized spacial score (nSPS) is 10.3. The summed E-state index contributed by atoms with van der Waals surface area (Å²) in [6, 6.07) is 9.20. The Hall–Kier alpha value is -1.40. The lowest BCUT2D eigenvalue weighted by Crippen LogP contribution is -2.15. The lowest BCUT2D eigenvalue weighted by atomic mass is 10.1. The molecule has 98 valence electrons. The van der Waals surface area contributed by atoms with Gasteiger partial charge in [0.25, 0.3) is 5.91 Å². The number of rotatable bonds is 2. The zero-order valence-corrected chi connectivity index (χ0v) is 12.8. The van der Waals surface area contributed by atoms with Gasteiger partial charge >= 0.3 is 0 Å². The summed E-state index contributed by atoms with van der Waals surface area (Å²) in [6.45, 7) is 0. The van der Waals surface area contributed by atoms with Crippen LogP contribution in [0.25, 0.3) is 0 Å². The molecule has 0 fully saturated rings. The van der Waals surface area contributed by atoms with Gasteiger partial charge in [-0.2, -0.15) is 0 Å². The Kier molecular flexibility index (Phi) is 4.21. The first-order chi connectivity index (χ1) is 8.97. The molecule has 0 aromatic heterocycles. The highest BCUT2D eigenvalue weighted by molar-refractivity contribution is 9.10. The molecule has 2 aromatic carbocycles. The second kappa shape index (κ2) is 5.71. The van der Waals surface area contributed by atoms with Crippen LogP contribution in [-0.4, -0.2) is 5.91 Å². The van der Waals surface area contributed by atoms with Crippen molar-refractivity contribution in [1.82, 2.24) is 0 Å². The van der Waals surface area contributed by atoms with Crippen molar-refractivity contribution in [1.29, 1.82) is 0 Å². The van der Waals surface area contributed by atoms with Crippen LogP contribution >= 0.6 is 31.9 Å². The van der Waals surface area contributed by atoms with Crippen molar-refractivity contribution < 1.29 is 9.18 Å². The van der Waals surface area contributed by atoms with Crippen molar-refractivity contribution >= 4 is 49.1 Å². The fourth-order valence-electron chi connectivity index (χ4n) is 1.52. The quantitative estimate of drug-likeness (QED) is 0.759. The van der Waals surface area contributed by atoms with E-state index in [4.69, 9.17) is 5.73 Å². The van der Waals surface area contributed by atoms with E-state index in [1.165, 1.54) is 12.1 Å². The Morgan fingerprint density at radius 2 is 1.74 bits per heavy atom. The monoisotopic (exact) mass is 386 g/mol. The SMILES string of the molecule is Nc1cc(Br)ccc1C(=O)Nc1cc(Br)ccc1F. The van der Waals surface area contributed by atoms with Crippen molar-refractivity contribution in [2.75, 3.05) is 11.1 Å². The zero-order valence-electron chi connectivity index (χ0n) is 9.58. The third-order valence-electron chi connectivity index (χ3n) is 2.43. The molecular formula is C13H9Br2FN2O. The number of anilines is 2. The van der Waals surface area contributed by atoms with Gasteiger partial charge in [0.1, 0.15) is 5.82 Å². The predicted molar refractivity (Wildman–Crippen MR) is 80.6 cm³/mol. The number of carbonyl (C=O) groups is 1. The van der Waals surface area contributed by atoms with Gasteiger partial charge in [-0.3, -0.25) is 4.79 Å². The number of hydrogen-bond donors (Lipinski definition) is 2. The Bertz CT molecular complexity index is 647. The van der Waals surface area contributed by atoms with Crippen molar-refractivity contribution in [2.24, 2.45) is 0 Å². The smallest absolute Gasteiger partial charge is 0.257 e. The maximum atomic E-state index is 13.5. The van der Waals surface area contributed by atoms with Gasteiger partial charge in [-0.15, -0.1) is 0 Å². The van der Waals surface area contributed by atoms with Gasteiger partial charge in [-0.1, -0.05) is 31.9 Å². The van der Waals surface area contributed by atoms with Gasteiger partial charge in [0.2, 0.25) is 0 Å². The fourth-order valence-corrected chi connectivity index (χ4v) is 2.26. The standard InChI is InChI=1S/C13H9Br2FN2O/c14-7-1-3-9(11(17)5-7)13(19)18-12-6-8(15)2-4-10(12)16/h1-6H,17H2,(H,18,19). The van der Waals surface area contributed by atoms with Crippen LogP contribution in [0.4, 0.5) is 15.8 Å². The molecule has 0 heterocycles. The molecular weight excluding hydrogens is 379 g/mol. The van der Waals surface area contributed by atoms with Gasteiger partial charge in [-0.25, -0.2) is 4.39 Å². The van der Waals surface area contributed by atoms with Crippen LogP contribution in [0.2, 0.25) is 0 Å². The van der Waals surface area contributed by atoms with Crippen molar-refractivity contribution in [2.45, 2.75) is 0 Å². The number of carbonyl (C=O) groups excluding carboxylic acids is 1. The van der Waals surface area contributed by atoms with Gasteiger partial charge in [0.05, 0.1) is 11.3 Å². The maximum absolute atomic E-state index is 13.5. The Balaban J connectivity index is 2.28. The summed E-state index contributed by atoms with van der Waals surface area (Å²) >= 11 is 6.47. The van der Waals surface area contributed by atoms with Crippen LogP contribution in [0.5, 0.6) is 0 Å². The molecule has 19 heavy (non-hydrogen) atoms. The second-order valence-electron chi connectivity index (χ2n) is 3.81. The van der Waals surface area contributed by atoms with Crippen LogP contribution in [-0.2, 0) is 0 Å². The minimum absolute atomic E-state index is 0.0988. The number of nitrogens with two attached hydrogens (primary N) is 1. The lowest BCUT2D eigenvalue weighted by Gasteiger charge is -2.09. The van der Waals surface area contributed by atoms with E-state index in [2.05, 4.69) is 37.2 Å². The molecule has 1 amide bonds. The van der Waals surface area contributed by atoms with Gasteiger partial charge in [-0.05, 0) is 36.4 Å². The molecule has 0 aliphatic carbocycles. The summed E-state index contributed by atoms with van der Waals surface area (Å²) in [6.07, 6.45) is 0. The van der Waals surface area contributed by atoms with E-state index in [1.54, 1.807) is 24.3 Å². The topological polar surface area (TPSA) is 55.1 Å². The number of hydrogen-bond acceptors (Lipinski definition) is 2. The zero-order chi connectivity index (χ0) is 14.0. The third kappa shape index (κ3) is 3.33.